The molecule has 0 radical (unpaired) electrons. The quantitative estimate of drug-likeness (QED) is 0.442. The minimum Gasteiger partial charge on any atom is -0.497 e. The predicted molar refractivity (Wildman–Crippen MR) is 117 cm³/mol. The monoisotopic (exact) mass is 480 g/mol. The highest BCUT2D eigenvalue weighted by Crippen LogP contribution is 2.30. The highest BCUT2D eigenvalue weighted by atomic mass is 16.8. The number of ether oxygens (including phenoxy) is 3. The number of carbonyl (C=O) groups is 2. The van der Waals surface area contributed by atoms with Crippen LogP contribution >= 0.6 is 0 Å². The molecule has 0 bridgehead atoms. The first kappa shape index (κ1) is 25.0. The van der Waals surface area contributed by atoms with Crippen LogP contribution in [0.1, 0.15) is 25.7 Å². The first-order chi connectivity index (χ1) is 16.5. The van der Waals surface area contributed by atoms with Crippen molar-refractivity contribution in [1.82, 2.24) is 10.1 Å². The molecule has 1 aromatic carbocycles. The maximum atomic E-state index is 11.4. The minimum atomic E-state index is -1.38. The standard InChI is InChI=1S/C23H32N2O9/c1-30-17-6-8-18(9-7-17)32-23-22(34-25-11-3-5-16(25)13-27)21(29)20(28)19(33-23)14-31-24-10-2-4-15(24)12-26/h6-9,12-13,15-16,19-23,28-29H,2-5,10-11,14H2,1H3/t15-,16-,19+,20+,21?,22?,23-/m0/s1. The molecule has 0 amide bonds. The molecule has 0 saturated carbocycles. The average molecular weight is 481 g/mol. The van der Waals surface area contributed by atoms with E-state index in [2.05, 4.69) is 0 Å². The fourth-order valence-electron chi connectivity index (χ4n) is 4.46. The van der Waals surface area contributed by atoms with Crippen LogP contribution in [0.3, 0.4) is 0 Å². The van der Waals surface area contributed by atoms with E-state index in [1.54, 1.807) is 36.4 Å². The molecule has 3 fully saturated rings. The maximum Gasteiger partial charge on any atom is 0.231 e. The molecule has 3 aliphatic heterocycles. The maximum absolute atomic E-state index is 11.4. The van der Waals surface area contributed by atoms with Crippen molar-refractivity contribution in [1.29, 1.82) is 0 Å². The summed E-state index contributed by atoms with van der Waals surface area (Å²) in [6.45, 7) is 1.01. The van der Waals surface area contributed by atoms with E-state index in [9.17, 15) is 19.8 Å². The number of nitrogens with zero attached hydrogens (tertiary/aromatic N) is 2. The van der Waals surface area contributed by atoms with Crippen LogP contribution in [0.4, 0.5) is 0 Å². The van der Waals surface area contributed by atoms with E-state index in [1.807, 2.05) is 0 Å². The van der Waals surface area contributed by atoms with E-state index in [1.165, 1.54) is 5.06 Å². The molecule has 3 heterocycles. The Morgan fingerprint density at radius 1 is 0.971 bits per heavy atom. The molecule has 0 aromatic heterocycles. The molecule has 11 heteroatoms. The van der Waals surface area contributed by atoms with Gasteiger partial charge in [0.05, 0.1) is 25.8 Å². The number of methoxy groups -OCH3 is 1. The van der Waals surface area contributed by atoms with Gasteiger partial charge in [0.2, 0.25) is 6.29 Å². The fourth-order valence-corrected chi connectivity index (χ4v) is 4.46. The van der Waals surface area contributed by atoms with Crippen LogP contribution < -0.4 is 9.47 Å². The summed E-state index contributed by atoms with van der Waals surface area (Å²) in [7, 11) is 1.56. The molecule has 34 heavy (non-hydrogen) atoms. The van der Waals surface area contributed by atoms with Gasteiger partial charge in [0, 0.05) is 13.1 Å². The molecule has 188 valence electrons. The van der Waals surface area contributed by atoms with Crippen LogP contribution in [0.15, 0.2) is 24.3 Å². The molecular formula is C23H32N2O9. The molecule has 3 aliphatic rings. The number of hydrogen-bond donors (Lipinski definition) is 2. The average Bonchev–Trinajstić information content (AvgIpc) is 3.51. The summed E-state index contributed by atoms with van der Waals surface area (Å²) >= 11 is 0. The normalized spacial score (nSPS) is 34.7. The van der Waals surface area contributed by atoms with Gasteiger partial charge >= 0.3 is 0 Å². The Kier molecular flexibility index (Phi) is 8.48. The van der Waals surface area contributed by atoms with E-state index in [4.69, 9.17) is 23.9 Å². The summed E-state index contributed by atoms with van der Waals surface area (Å²) in [6, 6.07) is 6.02. The number of carbonyl (C=O) groups excluding carboxylic acids is 2. The zero-order valence-corrected chi connectivity index (χ0v) is 19.1. The highest BCUT2D eigenvalue weighted by Gasteiger charge is 2.49. The topological polar surface area (TPSA) is 127 Å². The summed E-state index contributed by atoms with van der Waals surface area (Å²) in [5.41, 5.74) is 0. The molecule has 7 atom stereocenters. The van der Waals surface area contributed by atoms with Crippen molar-refractivity contribution >= 4 is 12.6 Å². The van der Waals surface area contributed by atoms with Crippen molar-refractivity contribution in [3.05, 3.63) is 24.3 Å². The summed E-state index contributed by atoms with van der Waals surface area (Å²) in [6.07, 6.45) is -1.28. The van der Waals surface area contributed by atoms with Gasteiger partial charge in [-0.15, -0.1) is 0 Å². The summed E-state index contributed by atoms with van der Waals surface area (Å²) < 4.78 is 17.2. The lowest BCUT2D eigenvalue weighted by atomic mass is 9.99. The highest BCUT2D eigenvalue weighted by molar-refractivity contribution is 5.58. The predicted octanol–water partition coefficient (Wildman–Crippen LogP) is 0.0791. The van der Waals surface area contributed by atoms with Crippen molar-refractivity contribution in [2.75, 3.05) is 26.8 Å². The first-order valence-corrected chi connectivity index (χ1v) is 11.6. The summed E-state index contributed by atoms with van der Waals surface area (Å²) in [4.78, 5) is 34.3. The number of aliphatic hydroxyl groups excluding tert-OH is 2. The third-order valence-corrected chi connectivity index (χ3v) is 6.43. The van der Waals surface area contributed by atoms with Gasteiger partial charge in [0.1, 0.15) is 42.4 Å². The molecule has 0 spiro atoms. The van der Waals surface area contributed by atoms with Crippen molar-refractivity contribution in [2.45, 2.75) is 68.5 Å². The second kappa shape index (κ2) is 11.5. The molecule has 2 N–H and O–H groups in total. The lowest BCUT2D eigenvalue weighted by molar-refractivity contribution is -0.344. The number of aldehydes is 2. The van der Waals surface area contributed by atoms with E-state index in [0.717, 1.165) is 25.4 Å². The van der Waals surface area contributed by atoms with Crippen LogP contribution in [0, 0.1) is 0 Å². The van der Waals surface area contributed by atoms with Gasteiger partial charge in [-0.3, -0.25) is 9.68 Å². The number of hydrogen-bond acceptors (Lipinski definition) is 11. The number of benzene rings is 1. The van der Waals surface area contributed by atoms with Crippen molar-refractivity contribution in [2.24, 2.45) is 0 Å². The minimum absolute atomic E-state index is 0.0849. The summed E-state index contributed by atoms with van der Waals surface area (Å²) in [5.74, 6) is 1.09. The fraction of sp³-hybridized carbons (Fsp3) is 0.652. The van der Waals surface area contributed by atoms with Gasteiger partial charge in [0.15, 0.2) is 6.10 Å². The largest absolute Gasteiger partial charge is 0.497 e. The van der Waals surface area contributed by atoms with Gasteiger partial charge in [0.25, 0.3) is 0 Å². The summed E-state index contributed by atoms with van der Waals surface area (Å²) in [5, 5.41) is 24.8. The van der Waals surface area contributed by atoms with Crippen molar-refractivity contribution < 1.29 is 43.7 Å². The van der Waals surface area contributed by atoms with Crippen LogP contribution in [0.2, 0.25) is 0 Å². The lowest BCUT2D eigenvalue weighted by Crippen LogP contribution is -2.62. The first-order valence-electron chi connectivity index (χ1n) is 11.6. The molecule has 11 nitrogen and oxygen atoms in total. The zero-order valence-electron chi connectivity index (χ0n) is 19.1. The van der Waals surface area contributed by atoms with Crippen LogP contribution in [-0.4, -0.2) is 103 Å². The Morgan fingerprint density at radius 2 is 1.59 bits per heavy atom. The molecule has 4 rings (SSSR count). The van der Waals surface area contributed by atoms with Crippen molar-refractivity contribution in [3.63, 3.8) is 0 Å². The Balaban J connectivity index is 1.48. The zero-order chi connectivity index (χ0) is 24.1. The Labute approximate surface area is 198 Å². The molecule has 3 saturated heterocycles. The van der Waals surface area contributed by atoms with Crippen LogP contribution in [0.5, 0.6) is 11.5 Å². The van der Waals surface area contributed by atoms with E-state index < -0.39 is 36.7 Å². The smallest absolute Gasteiger partial charge is 0.231 e. The third kappa shape index (κ3) is 5.57. The number of aliphatic hydroxyl groups is 2. The molecular weight excluding hydrogens is 448 g/mol. The van der Waals surface area contributed by atoms with Gasteiger partial charge in [-0.25, -0.2) is 0 Å². The molecule has 2 unspecified atom stereocenters. The lowest BCUT2D eigenvalue weighted by Gasteiger charge is -2.43. The van der Waals surface area contributed by atoms with Gasteiger partial charge in [-0.1, -0.05) is 0 Å². The van der Waals surface area contributed by atoms with Gasteiger partial charge < -0.3 is 34.0 Å². The Bertz CT molecular complexity index is 808. The SMILES string of the molecule is COc1ccc(O[C@H]2O[C@H](CON3CCC[C@H]3C=O)[C@@H](O)C(O)C2ON2CCC[C@H]2C=O)cc1. The third-order valence-electron chi connectivity index (χ3n) is 6.43. The van der Waals surface area contributed by atoms with E-state index in [0.29, 0.717) is 37.4 Å². The van der Waals surface area contributed by atoms with Crippen LogP contribution in [-0.2, 0) is 24.0 Å². The molecule has 0 aliphatic carbocycles. The number of hydroxylamine groups is 4. The number of rotatable bonds is 10. The molecule has 1 aromatic rings. The van der Waals surface area contributed by atoms with Gasteiger partial charge in [-0.05, 0) is 49.9 Å². The van der Waals surface area contributed by atoms with Gasteiger partial charge in [-0.2, -0.15) is 10.1 Å². The van der Waals surface area contributed by atoms with Crippen LogP contribution in [0.25, 0.3) is 0 Å². The second-order valence-electron chi connectivity index (χ2n) is 8.66. The Morgan fingerprint density at radius 3 is 2.24 bits per heavy atom. The Hall–Kier alpha value is -2.12. The van der Waals surface area contributed by atoms with Crippen molar-refractivity contribution in [3.8, 4) is 11.5 Å². The second-order valence-corrected chi connectivity index (χ2v) is 8.66. The van der Waals surface area contributed by atoms with E-state index >= 15 is 0 Å². The van der Waals surface area contributed by atoms with E-state index in [-0.39, 0.29) is 12.6 Å².